The number of hydrogen-bond donors (Lipinski definition) is 1. The standard InChI is InChI=1S/C10H18ClNO/c11-9-6-13-7-10(9)12-5-8-3-1-2-4-8/h8-10,12H,1-7H2. The van der Waals surface area contributed by atoms with Crippen LogP contribution in [-0.2, 0) is 4.74 Å². The Bertz CT molecular complexity index is 159. The molecular weight excluding hydrogens is 186 g/mol. The van der Waals surface area contributed by atoms with Crippen LogP contribution in [0.2, 0.25) is 0 Å². The van der Waals surface area contributed by atoms with Gasteiger partial charge in [-0.25, -0.2) is 0 Å². The van der Waals surface area contributed by atoms with Crippen molar-refractivity contribution in [3.63, 3.8) is 0 Å². The Kier molecular flexibility index (Phi) is 3.47. The van der Waals surface area contributed by atoms with E-state index in [2.05, 4.69) is 5.32 Å². The fraction of sp³-hybridized carbons (Fsp3) is 1.00. The van der Waals surface area contributed by atoms with Crippen molar-refractivity contribution < 1.29 is 4.74 Å². The van der Waals surface area contributed by atoms with Gasteiger partial charge in [-0.15, -0.1) is 11.6 Å². The van der Waals surface area contributed by atoms with Gasteiger partial charge in [0.15, 0.2) is 0 Å². The van der Waals surface area contributed by atoms with Crippen molar-refractivity contribution in [3.8, 4) is 0 Å². The lowest BCUT2D eigenvalue weighted by atomic mass is 10.1. The van der Waals surface area contributed by atoms with Crippen LogP contribution < -0.4 is 5.32 Å². The Labute approximate surface area is 85.0 Å². The molecule has 0 aromatic heterocycles. The molecule has 0 bridgehead atoms. The van der Waals surface area contributed by atoms with E-state index in [1.807, 2.05) is 0 Å². The number of ether oxygens (including phenoxy) is 1. The van der Waals surface area contributed by atoms with E-state index in [4.69, 9.17) is 16.3 Å². The molecule has 1 N–H and O–H groups in total. The summed E-state index contributed by atoms with van der Waals surface area (Å²) in [7, 11) is 0. The lowest BCUT2D eigenvalue weighted by Crippen LogP contribution is -2.38. The normalized spacial score (nSPS) is 35.8. The molecule has 0 aromatic rings. The predicted octanol–water partition coefficient (Wildman–Crippen LogP) is 1.77. The molecule has 0 spiro atoms. The zero-order valence-electron chi connectivity index (χ0n) is 7.97. The van der Waals surface area contributed by atoms with Gasteiger partial charge in [-0.2, -0.15) is 0 Å². The van der Waals surface area contributed by atoms with Crippen molar-refractivity contribution >= 4 is 11.6 Å². The third kappa shape index (κ3) is 2.58. The van der Waals surface area contributed by atoms with Gasteiger partial charge in [-0.05, 0) is 25.3 Å². The summed E-state index contributed by atoms with van der Waals surface area (Å²) in [5.74, 6) is 0.893. The molecule has 3 heteroatoms. The molecule has 2 atom stereocenters. The van der Waals surface area contributed by atoms with Crippen molar-refractivity contribution in [1.29, 1.82) is 0 Å². The SMILES string of the molecule is ClC1COCC1NCC1CCCC1. The average molecular weight is 204 g/mol. The van der Waals surface area contributed by atoms with Crippen molar-refractivity contribution in [3.05, 3.63) is 0 Å². The Morgan fingerprint density at radius 1 is 1.23 bits per heavy atom. The number of rotatable bonds is 3. The highest BCUT2D eigenvalue weighted by atomic mass is 35.5. The molecular formula is C10H18ClNO. The van der Waals surface area contributed by atoms with E-state index in [-0.39, 0.29) is 5.38 Å². The summed E-state index contributed by atoms with van der Waals surface area (Å²) in [5.41, 5.74) is 0. The summed E-state index contributed by atoms with van der Waals surface area (Å²) in [5, 5.41) is 3.70. The lowest BCUT2D eigenvalue weighted by molar-refractivity contribution is 0.189. The molecule has 0 radical (unpaired) electrons. The van der Waals surface area contributed by atoms with Gasteiger partial charge in [-0.1, -0.05) is 12.8 Å². The molecule has 2 unspecified atom stereocenters. The molecule has 1 saturated carbocycles. The molecule has 2 fully saturated rings. The Balaban J connectivity index is 1.66. The molecule has 1 aliphatic heterocycles. The van der Waals surface area contributed by atoms with Crippen molar-refractivity contribution in [2.24, 2.45) is 5.92 Å². The number of nitrogens with one attached hydrogen (secondary N) is 1. The van der Waals surface area contributed by atoms with E-state index < -0.39 is 0 Å². The fourth-order valence-corrected chi connectivity index (χ4v) is 2.50. The van der Waals surface area contributed by atoms with E-state index in [0.717, 1.165) is 19.1 Å². The third-order valence-corrected chi connectivity index (χ3v) is 3.58. The van der Waals surface area contributed by atoms with Crippen LogP contribution in [0.4, 0.5) is 0 Å². The minimum absolute atomic E-state index is 0.182. The van der Waals surface area contributed by atoms with Gasteiger partial charge < -0.3 is 10.1 Å². The second kappa shape index (κ2) is 4.63. The number of halogens is 1. The van der Waals surface area contributed by atoms with Crippen LogP contribution >= 0.6 is 11.6 Å². The Morgan fingerprint density at radius 2 is 2.00 bits per heavy atom. The Hall–Kier alpha value is 0.210. The van der Waals surface area contributed by atoms with Gasteiger partial charge in [0.2, 0.25) is 0 Å². The van der Waals surface area contributed by atoms with Crippen molar-refractivity contribution in [1.82, 2.24) is 5.32 Å². The fourth-order valence-electron chi connectivity index (χ4n) is 2.25. The van der Waals surface area contributed by atoms with Crippen molar-refractivity contribution in [2.75, 3.05) is 19.8 Å². The first-order chi connectivity index (χ1) is 6.36. The molecule has 2 aliphatic rings. The van der Waals surface area contributed by atoms with Crippen LogP contribution in [0.1, 0.15) is 25.7 Å². The molecule has 1 heterocycles. The van der Waals surface area contributed by atoms with Gasteiger partial charge in [-0.3, -0.25) is 0 Å². The second-order valence-corrected chi connectivity index (χ2v) is 4.78. The van der Waals surface area contributed by atoms with Crippen molar-refractivity contribution in [2.45, 2.75) is 37.1 Å². The molecule has 1 aliphatic carbocycles. The minimum Gasteiger partial charge on any atom is -0.378 e. The summed E-state index contributed by atoms with van der Waals surface area (Å²) in [4.78, 5) is 0. The smallest absolute Gasteiger partial charge is 0.0745 e. The quantitative estimate of drug-likeness (QED) is 0.707. The minimum atomic E-state index is 0.182. The Morgan fingerprint density at radius 3 is 2.62 bits per heavy atom. The second-order valence-electron chi connectivity index (χ2n) is 4.22. The first-order valence-electron chi connectivity index (χ1n) is 5.31. The predicted molar refractivity (Wildman–Crippen MR) is 54.2 cm³/mol. The third-order valence-electron chi connectivity index (χ3n) is 3.15. The van der Waals surface area contributed by atoms with Crippen LogP contribution in [0.25, 0.3) is 0 Å². The van der Waals surface area contributed by atoms with E-state index in [0.29, 0.717) is 12.6 Å². The summed E-state index contributed by atoms with van der Waals surface area (Å²) in [6.45, 7) is 2.64. The number of alkyl halides is 1. The molecule has 0 aromatic carbocycles. The molecule has 1 saturated heterocycles. The zero-order chi connectivity index (χ0) is 9.10. The van der Waals surface area contributed by atoms with Gasteiger partial charge >= 0.3 is 0 Å². The van der Waals surface area contributed by atoms with Crippen LogP contribution in [-0.4, -0.2) is 31.2 Å². The first-order valence-corrected chi connectivity index (χ1v) is 5.75. The molecule has 13 heavy (non-hydrogen) atoms. The highest BCUT2D eigenvalue weighted by molar-refractivity contribution is 6.21. The van der Waals surface area contributed by atoms with Gasteiger partial charge in [0.05, 0.1) is 18.6 Å². The maximum absolute atomic E-state index is 6.08. The van der Waals surface area contributed by atoms with Crippen LogP contribution in [0, 0.1) is 5.92 Å². The molecule has 2 rings (SSSR count). The molecule has 0 amide bonds. The summed E-state index contributed by atoms with van der Waals surface area (Å²) in [6.07, 6.45) is 5.62. The van der Waals surface area contributed by atoms with E-state index in [9.17, 15) is 0 Å². The highest BCUT2D eigenvalue weighted by Gasteiger charge is 2.26. The van der Waals surface area contributed by atoms with E-state index in [1.165, 1.54) is 25.7 Å². The largest absolute Gasteiger partial charge is 0.378 e. The number of hydrogen-bond acceptors (Lipinski definition) is 2. The maximum Gasteiger partial charge on any atom is 0.0745 e. The van der Waals surface area contributed by atoms with Crippen LogP contribution in [0.15, 0.2) is 0 Å². The van der Waals surface area contributed by atoms with E-state index >= 15 is 0 Å². The topological polar surface area (TPSA) is 21.3 Å². The summed E-state index contributed by atoms with van der Waals surface area (Å²) < 4.78 is 5.29. The maximum atomic E-state index is 6.08. The van der Waals surface area contributed by atoms with Crippen LogP contribution in [0.3, 0.4) is 0 Å². The van der Waals surface area contributed by atoms with Gasteiger partial charge in [0, 0.05) is 6.04 Å². The highest BCUT2D eigenvalue weighted by Crippen LogP contribution is 2.24. The average Bonchev–Trinajstić information content (AvgIpc) is 2.72. The first kappa shape index (κ1) is 9.75. The monoisotopic (exact) mass is 203 g/mol. The lowest BCUT2D eigenvalue weighted by Gasteiger charge is -2.17. The molecule has 2 nitrogen and oxygen atoms in total. The van der Waals surface area contributed by atoms with Gasteiger partial charge in [0.1, 0.15) is 0 Å². The van der Waals surface area contributed by atoms with E-state index in [1.54, 1.807) is 0 Å². The summed E-state index contributed by atoms with van der Waals surface area (Å²) in [6, 6.07) is 0.391. The van der Waals surface area contributed by atoms with Crippen LogP contribution in [0.5, 0.6) is 0 Å². The zero-order valence-corrected chi connectivity index (χ0v) is 8.72. The van der Waals surface area contributed by atoms with Gasteiger partial charge in [0.25, 0.3) is 0 Å². The molecule has 76 valence electrons. The summed E-state index contributed by atoms with van der Waals surface area (Å²) >= 11 is 6.08.